The molecular formula is C19H16Cl2F3N5O. The van der Waals surface area contributed by atoms with E-state index in [-0.39, 0.29) is 5.82 Å². The van der Waals surface area contributed by atoms with Gasteiger partial charge in [0.25, 0.3) is 5.91 Å². The minimum absolute atomic E-state index is 0.104. The van der Waals surface area contributed by atoms with Crippen LogP contribution in [0.3, 0.4) is 0 Å². The molecule has 1 heterocycles. The number of H-pyrrole nitrogens is 1. The van der Waals surface area contributed by atoms with Gasteiger partial charge in [0.05, 0.1) is 0 Å². The fourth-order valence-corrected chi connectivity index (χ4v) is 2.97. The zero-order valence-electron chi connectivity index (χ0n) is 15.5. The lowest BCUT2D eigenvalue weighted by Gasteiger charge is -2.30. The Morgan fingerprint density at radius 3 is 2.33 bits per heavy atom. The van der Waals surface area contributed by atoms with Gasteiger partial charge in [0, 0.05) is 34.4 Å². The lowest BCUT2D eigenvalue weighted by atomic mass is 10.2. The molecule has 0 bridgehead atoms. The van der Waals surface area contributed by atoms with E-state index in [0.717, 1.165) is 6.07 Å². The molecule has 1 atom stereocenters. The number of hydrogen-bond donors (Lipinski definition) is 3. The van der Waals surface area contributed by atoms with Crippen LogP contribution in [0.1, 0.15) is 16.1 Å². The van der Waals surface area contributed by atoms with Gasteiger partial charge in [-0.05, 0) is 36.4 Å². The van der Waals surface area contributed by atoms with Crippen LogP contribution in [0, 0.1) is 0 Å². The summed E-state index contributed by atoms with van der Waals surface area (Å²) < 4.78 is 38.6. The van der Waals surface area contributed by atoms with Gasteiger partial charge in [-0.25, -0.2) is 0 Å². The van der Waals surface area contributed by atoms with Gasteiger partial charge < -0.3 is 15.5 Å². The number of aromatic nitrogens is 2. The molecule has 3 N–H and O–H groups in total. The summed E-state index contributed by atoms with van der Waals surface area (Å²) in [5, 5.41) is 12.2. The van der Waals surface area contributed by atoms with Crippen molar-refractivity contribution < 1.29 is 18.0 Å². The van der Waals surface area contributed by atoms with Crippen LogP contribution in [-0.2, 0) is 6.18 Å². The van der Waals surface area contributed by atoms with Crippen LogP contribution in [0.15, 0.2) is 54.6 Å². The summed E-state index contributed by atoms with van der Waals surface area (Å²) in [5.41, 5.74) is -0.171. The average molecular weight is 458 g/mol. The summed E-state index contributed by atoms with van der Waals surface area (Å²) in [7, 11) is 1.48. The second kappa shape index (κ2) is 8.85. The Morgan fingerprint density at radius 2 is 1.73 bits per heavy atom. The highest BCUT2D eigenvalue weighted by Crippen LogP contribution is 2.29. The minimum atomic E-state index is -4.58. The van der Waals surface area contributed by atoms with E-state index in [4.69, 9.17) is 23.2 Å². The molecule has 11 heteroatoms. The molecule has 2 aromatic carbocycles. The van der Waals surface area contributed by atoms with Crippen LogP contribution in [0.5, 0.6) is 0 Å². The highest BCUT2D eigenvalue weighted by Gasteiger charge is 2.33. The molecule has 0 saturated heterocycles. The smallest absolute Gasteiger partial charge is 0.348 e. The number of alkyl halides is 3. The number of nitrogens with zero attached hydrogens (tertiary/aromatic N) is 2. The number of halogens is 5. The Kier molecular flexibility index (Phi) is 6.42. The first kappa shape index (κ1) is 21.8. The van der Waals surface area contributed by atoms with Crippen molar-refractivity contribution in [2.45, 2.75) is 12.5 Å². The van der Waals surface area contributed by atoms with E-state index in [9.17, 15) is 18.0 Å². The van der Waals surface area contributed by atoms with Gasteiger partial charge in [0.1, 0.15) is 5.69 Å². The second-order valence-electron chi connectivity index (χ2n) is 6.29. The van der Waals surface area contributed by atoms with Crippen LogP contribution < -0.4 is 10.6 Å². The summed E-state index contributed by atoms with van der Waals surface area (Å²) in [5.74, 6) is -0.524. The van der Waals surface area contributed by atoms with E-state index in [2.05, 4.69) is 15.7 Å². The summed E-state index contributed by atoms with van der Waals surface area (Å²) in [6.45, 7) is 0. The second-order valence-corrected chi connectivity index (χ2v) is 7.17. The van der Waals surface area contributed by atoms with Gasteiger partial charge in [-0.3, -0.25) is 9.89 Å². The molecule has 1 amide bonds. The highest BCUT2D eigenvalue weighted by atomic mass is 35.5. The zero-order valence-corrected chi connectivity index (χ0v) is 17.0. The Labute approximate surface area is 180 Å². The average Bonchev–Trinajstić information content (AvgIpc) is 3.15. The molecule has 3 rings (SSSR count). The van der Waals surface area contributed by atoms with E-state index in [1.54, 1.807) is 42.5 Å². The molecule has 1 unspecified atom stereocenters. The standard InChI is InChI=1S/C19H16Cl2F3N5O/c1-29(17(30)11-4-2-5-12(20)8-11)18(25-14-7-3-6-13(21)9-14)26-16-10-15(27-28-16)19(22,23)24/h2-10,18,25H,1H3,(H2,26,27,28). The van der Waals surface area contributed by atoms with E-state index in [0.29, 0.717) is 21.3 Å². The number of carbonyl (C=O) groups excluding carboxylic acids is 1. The number of hydrogen-bond acceptors (Lipinski definition) is 4. The largest absolute Gasteiger partial charge is 0.432 e. The van der Waals surface area contributed by atoms with Gasteiger partial charge in [-0.1, -0.05) is 35.3 Å². The SMILES string of the molecule is CN(C(=O)c1cccc(Cl)c1)C(Nc1cccc(Cl)c1)Nc1cc(C(F)(F)F)[nH]n1. The lowest BCUT2D eigenvalue weighted by molar-refractivity contribution is -0.141. The summed E-state index contributed by atoms with van der Waals surface area (Å²) in [6, 6.07) is 13.8. The molecule has 0 saturated carbocycles. The number of aromatic amines is 1. The third kappa shape index (κ3) is 5.37. The fraction of sp³-hybridized carbons (Fsp3) is 0.158. The Bertz CT molecular complexity index is 1040. The Morgan fingerprint density at radius 1 is 1.07 bits per heavy atom. The highest BCUT2D eigenvalue weighted by molar-refractivity contribution is 6.31. The number of anilines is 2. The van der Waals surface area contributed by atoms with Gasteiger partial charge in [-0.15, -0.1) is 0 Å². The van der Waals surface area contributed by atoms with E-state index < -0.39 is 24.1 Å². The van der Waals surface area contributed by atoms with Crippen molar-refractivity contribution in [1.29, 1.82) is 0 Å². The number of amides is 1. The Balaban J connectivity index is 1.88. The van der Waals surface area contributed by atoms with Crippen molar-refractivity contribution in [2.75, 3.05) is 17.7 Å². The number of rotatable bonds is 6. The quantitative estimate of drug-likeness (QED) is 0.438. The van der Waals surface area contributed by atoms with E-state index in [1.807, 2.05) is 5.10 Å². The third-order valence-electron chi connectivity index (χ3n) is 4.08. The van der Waals surface area contributed by atoms with Gasteiger partial charge in [0.15, 0.2) is 12.1 Å². The van der Waals surface area contributed by atoms with Crippen LogP contribution in [-0.4, -0.2) is 34.3 Å². The molecule has 0 fully saturated rings. The van der Waals surface area contributed by atoms with Crippen molar-refractivity contribution >= 4 is 40.6 Å². The molecule has 0 aliphatic carbocycles. The maximum absolute atomic E-state index is 12.9. The van der Waals surface area contributed by atoms with E-state index >= 15 is 0 Å². The molecule has 0 aliphatic rings. The van der Waals surface area contributed by atoms with Crippen LogP contribution in [0.4, 0.5) is 24.7 Å². The molecule has 0 aliphatic heterocycles. The first-order valence-electron chi connectivity index (χ1n) is 8.57. The maximum atomic E-state index is 12.9. The normalized spacial score (nSPS) is 12.3. The number of carbonyl (C=O) groups is 1. The van der Waals surface area contributed by atoms with Gasteiger partial charge in [-0.2, -0.15) is 18.3 Å². The molecular weight excluding hydrogens is 442 g/mol. The molecule has 158 valence electrons. The summed E-state index contributed by atoms with van der Waals surface area (Å²) in [6.07, 6.45) is -5.54. The lowest BCUT2D eigenvalue weighted by Crippen LogP contribution is -2.47. The topological polar surface area (TPSA) is 73.1 Å². The number of benzene rings is 2. The van der Waals surface area contributed by atoms with Crippen molar-refractivity contribution in [1.82, 2.24) is 15.1 Å². The van der Waals surface area contributed by atoms with Crippen LogP contribution in [0.2, 0.25) is 10.0 Å². The monoisotopic (exact) mass is 457 g/mol. The molecule has 30 heavy (non-hydrogen) atoms. The van der Waals surface area contributed by atoms with Crippen molar-refractivity contribution in [3.05, 3.63) is 75.9 Å². The van der Waals surface area contributed by atoms with Crippen molar-refractivity contribution in [3.8, 4) is 0 Å². The fourth-order valence-electron chi connectivity index (χ4n) is 2.59. The number of nitrogens with one attached hydrogen (secondary N) is 3. The first-order valence-corrected chi connectivity index (χ1v) is 9.33. The molecule has 0 spiro atoms. The van der Waals surface area contributed by atoms with Crippen molar-refractivity contribution in [3.63, 3.8) is 0 Å². The third-order valence-corrected chi connectivity index (χ3v) is 4.55. The Hall–Kier alpha value is -2.91. The molecule has 1 aromatic heterocycles. The van der Waals surface area contributed by atoms with E-state index in [1.165, 1.54) is 18.0 Å². The predicted octanol–water partition coefficient (Wildman–Crippen LogP) is 5.32. The minimum Gasteiger partial charge on any atom is -0.348 e. The van der Waals surface area contributed by atoms with Crippen molar-refractivity contribution in [2.24, 2.45) is 0 Å². The van der Waals surface area contributed by atoms with Gasteiger partial charge in [0.2, 0.25) is 0 Å². The van der Waals surface area contributed by atoms with Crippen LogP contribution in [0.25, 0.3) is 0 Å². The van der Waals surface area contributed by atoms with Gasteiger partial charge >= 0.3 is 6.18 Å². The molecule has 6 nitrogen and oxygen atoms in total. The maximum Gasteiger partial charge on any atom is 0.432 e. The summed E-state index contributed by atoms with van der Waals surface area (Å²) >= 11 is 12.0. The molecule has 0 radical (unpaired) electrons. The summed E-state index contributed by atoms with van der Waals surface area (Å²) in [4.78, 5) is 14.2. The molecule has 3 aromatic rings. The van der Waals surface area contributed by atoms with Crippen LogP contribution >= 0.6 is 23.2 Å². The zero-order chi connectivity index (χ0) is 21.9. The predicted molar refractivity (Wildman–Crippen MR) is 110 cm³/mol. The first-order chi connectivity index (χ1) is 14.1.